The Hall–Kier alpha value is -3.39. The van der Waals surface area contributed by atoms with Crippen molar-refractivity contribution in [2.45, 2.75) is 73.4 Å². The van der Waals surface area contributed by atoms with Gasteiger partial charge in [0.1, 0.15) is 11.2 Å². The Bertz CT molecular complexity index is 2010. The van der Waals surface area contributed by atoms with Crippen LogP contribution in [-0.4, -0.2) is 4.98 Å². The highest BCUT2D eigenvalue weighted by Gasteiger charge is 2.38. The maximum absolute atomic E-state index is 9.47. The van der Waals surface area contributed by atoms with Crippen molar-refractivity contribution in [3.63, 3.8) is 0 Å². The molecule has 6 rings (SSSR count). The second kappa shape index (κ2) is 8.83. The minimum absolute atomic E-state index is 0.0170. The second-order valence-corrected chi connectivity index (χ2v) is 12.3. The molecule has 0 aliphatic heterocycles. The van der Waals surface area contributed by atoms with Crippen molar-refractivity contribution in [3.05, 3.63) is 89.1 Å². The number of benzene rings is 3. The van der Waals surface area contributed by atoms with Crippen LogP contribution >= 0.6 is 0 Å². The molecule has 0 atom stereocenters. The van der Waals surface area contributed by atoms with Crippen molar-refractivity contribution < 1.29 is 18.1 Å². The quantitative estimate of drug-likeness (QED) is 0.241. The molecule has 2 heteroatoms. The fourth-order valence-corrected chi connectivity index (χ4v) is 6.63. The minimum Gasteiger partial charge on any atom is -0.455 e. The second-order valence-electron chi connectivity index (χ2n) is 12.3. The molecule has 0 bridgehead atoms. The standard InChI is InChI=1S/C36H39NO/c1-22-17-32(37-20-23(22)2)31-10-8-9-29-30-16-15-28(24(3)33(30)38-34(29)31)26-13-11-25(12-14-26)27-18-35(4,5)21-36(6,7)19-27/h8-17,20,27H,18-19,21H2,1-7H3/i1D3,2D3,3D3,27D. The van der Waals surface area contributed by atoms with E-state index >= 15 is 0 Å². The van der Waals surface area contributed by atoms with Crippen LogP contribution in [-0.2, 0) is 0 Å². The third-order valence-corrected chi connectivity index (χ3v) is 7.79. The lowest BCUT2D eigenvalue weighted by atomic mass is 9.60. The number of aromatic nitrogens is 1. The summed E-state index contributed by atoms with van der Waals surface area (Å²) in [5.41, 5.74) is 2.59. The van der Waals surface area contributed by atoms with Crippen LogP contribution in [0.3, 0.4) is 0 Å². The summed E-state index contributed by atoms with van der Waals surface area (Å²) in [5, 5.41) is 1.19. The number of rotatable bonds is 3. The molecule has 2 nitrogen and oxygen atoms in total. The molecule has 1 aliphatic carbocycles. The molecular weight excluding hydrogens is 462 g/mol. The van der Waals surface area contributed by atoms with Gasteiger partial charge in [-0.1, -0.05) is 70.2 Å². The number of fused-ring (bicyclic) bond motifs is 3. The van der Waals surface area contributed by atoms with Gasteiger partial charge in [-0.05, 0) is 103 Å². The highest BCUT2D eigenvalue weighted by Crippen LogP contribution is 2.52. The van der Waals surface area contributed by atoms with Gasteiger partial charge in [0, 0.05) is 41.8 Å². The normalized spacial score (nSPS) is 23.1. The van der Waals surface area contributed by atoms with Crippen LogP contribution in [0.1, 0.15) is 88.8 Å². The van der Waals surface area contributed by atoms with Crippen LogP contribution in [0, 0.1) is 31.4 Å². The maximum Gasteiger partial charge on any atom is 0.144 e. The summed E-state index contributed by atoms with van der Waals surface area (Å²) < 4.78 is 88.9. The largest absolute Gasteiger partial charge is 0.455 e. The fourth-order valence-electron chi connectivity index (χ4n) is 6.63. The van der Waals surface area contributed by atoms with Crippen molar-refractivity contribution in [2.75, 3.05) is 0 Å². The first-order chi connectivity index (χ1) is 22.0. The zero-order valence-corrected chi connectivity index (χ0v) is 22.3. The first-order valence-electron chi connectivity index (χ1n) is 18.1. The average Bonchev–Trinajstić information content (AvgIpc) is 3.32. The van der Waals surface area contributed by atoms with Crippen molar-refractivity contribution in [1.29, 1.82) is 0 Å². The Morgan fingerprint density at radius 2 is 1.55 bits per heavy atom. The molecule has 194 valence electrons. The summed E-state index contributed by atoms with van der Waals surface area (Å²) >= 11 is 0. The van der Waals surface area contributed by atoms with Gasteiger partial charge in [0.25, 0.3) is 0 Å². The van der Waals surface area contributed by atoms with E-state index in [2.05, 4.69) is 32.7 Å². The van der Waals surface area contributed by atoms with E-state index in [0.29, 0.717) is 33.0 Å². The molecule has 1 aliphatic rings. The van der Waals surface area contributed by atoms with E-state index in [-0.39, 0.29) is 38.8 Å². The molecule has 0 amide bonds. The Morgan fingerprint density at radius 3 is 2.26 bits per heavy atom. The van der Waals surface area contributed by atoms with E-state index in [9.17, 15) is 1.37 Å². The third kappa shape index (κ3) is 4.34. The average molecular weight is 512 g/mol. The van der Waals surface area contributed by atoms with Crippen molar-refractivity contribution >= 4 is 21.9 Å². The number of furan rings is 1. The number of para-hydroxylation sites is 1. The Balaban J connectivity index is 1.50. The van der Waals surface area contributed by atoms with Crippen LogP contribution in [0.25, 0.3) is 44.3 Å². The van der Waals surface area contributed by atoms with Crippen molar-refractivity contribution in [3.8, 4) is 22.4 Å². The smallest absolute Gasteiger partial charge is 0.144 e. The van der Waals surface area contributed by atoms with Gasteiger partial charge >= 0.3 is 0 Å². The molecule has 0 unspecified atom stereocenters. The van der Waals surface area contributed by atoms with Gasteiger partial charge in [0.2, 0.25) is 0 Å². The van der Waals surface area contributed by atoms with E-state index < -0.39 is 26.4 Å². The first-order valence-corrected chi connectivity index (χ1v) is 13.1. The monoisotopic (exact) mass is 511 g/mol. The lowest BCUT2D eigenvalue weighted by molar-refractivity contribution is 0.0969. The maximum atomic E-state index is 9.47. The van der Waals surface area contributed by atoms with Crippen LogP contribution in [0.15, 0.2) is 71.3 Å². The number of hydrogen-bond donors (Lipinski definition) is 0. The van der Waals surface area contributed by atoms with E-state index in [0.717, 1.165) is 31.0 Å². The van der Waals surface area contributed by atoms with Gasteiger partial charge in [-0.3, -0.25) is 4.98 Å². The van der Waals surface area contributed by atoms with E-state index in [1.165, 1.54) is 6.07 Å². The molecule has 3 aromatic carbocycles. The van der Waals surface area contributed by atoms with Gasteiger partial charge in [-0.25, -0.2) is 0 Å². The third-order valence-electron chi connectivity index (χ3n) is 7.79. The molecule has 2 aromatic heterocycles. The van der Waals surface area contributed by atoms with Gasteiger partial charge in [-0.2, -0.15) is 0 Å². The molecule has 0 radical (unpaired) electrons. The molecule has 0 saturated heterocycles. The van der Waals surface area contributed by atoms with E-state index in [1.807, 2.05) is 30.3 Å². The Morgan fingerprint density at radius 1 is 0.816 bits per heavy atom. The van der Waals surface area contributed by atoms with E-state index in [1.54, 1.807) is 24.3 Å². The number of aryl methyl sites for hydroxylation is 3. The SMILES string of the molecule is [2H]C([2H])([2H])c1cnc(-c2cccc3c2oc2c(C([2H])([2H])[2H])c(-c4ccc(C5([2H])CC(C)(C)CC(C)(C)C5)cc4)ccc23)cc1C([2H])([2H])[2H]. The molecule has 38 heavy (non-hydrogen) atoms. The van der Waals surface area contributed by atoms with Gasteiger partial charge in [-0.15, -0.1) is 0 Å². The number of nitrogens with zero attached hydrogens (tertiary/aromatic N) is 1. The molecule has 1 fully saturated rings. The Labute approximate surface area is 241 Å². The molecule has 5 aromatic rings. The predicted octanol–water partition coefficient (Wildman–Crippen LogP) is 10.6. The highest BCUT2D eigenvalue weighted by molar-refractivity contribution is 6.11. The van der Waals surface area contributed by atoms with Crippen LogP contribution in [0.5, 0.6) is 0 Å². The summed E-state index contributed by atoms with van der Waals surface area (Å²) in [6.07, 6.45) is 3.58. The number of pyridine rings is 1. The number of hydrogen-bond acceptors (Lipinski definition) is 2. The summed E-state index contributed by atoms with van der Waals surface area (Å²) in [4.78, 5) is 4.32. The molecule has 0 spiro atoms. The van der Waals surface area contributed by atoms with E-state index in [4.69, 9.17) is 16.8 Å². The van der Waals surface area contributed by atoms with Crippen LogP contribution < -0.4 is 0 Å². The molecule has 2 heterocycles. The molecular formula is C36H39NO. The summed E-state index contributed by atoms with van der Waals surface area (Å²) in [7, 11) is 0. The summed E-state index contributed by atoms with van der Waals surface area (Å²) in [6, 6.07) is 17.7. The van der Waals surface area contributed by atoms with Crippen LogP contribution in [0.2, 0.25) is 0 Å². The topological polar surface area (TPSA) is 26.0 Å². The predicted molar refractivity (Wildman–Crippen MR) is 161 cm³/mol. The van der Waals surface area contributed by atoms with Crippen LogP contribution in [0.4, 0.5) is 0 Å². The highest BCUT2D eigenvalue weighted by atomic mass is 16.3. The minimum atomic E-state index is -2.70. The lowest BCUT2D eigenvalue weighted by Crippen LogP contribution is -2.32. The molecule has 0 N–H and O–H groups in total. The fraction of sp³-hybridized carbons (Fsp3) is 0.361. The zero-order valence-electron chi connectivity index (χ0n) is 32.3. The molecule has 1 saturated carbocycles. The summed E-state index contributed by atoms with van der Waals surface area (Å²) in [5.74, 6) is -0.759. The van der Waals surface area contributed by atoms with Gasteiger partial charge < -0.3 is 4.42 Å². The lowest BCUT2D eigenvalue weighted by Gasteiger charge is -2.45. The van der Waals surface area contributed by atoms with Gasteiger partial charge in [0.05, 0.1) is 5.69 Å². The van der Waals surface area contributed by atoms with Crippen molar-refractivity contribution in [1.82, 2.24) is 4.98 Å². The zero-order chi connectivity index (χ0) is 35.2. The van der Waals surface area contributed by atoms with Crippen molar-refractivity contribution in [2.24, 2.45) is 10.8 Å². The summed E-state index contributed by atoms with van der Waals surface area (Å²) in [6.45, 7) is 0.949. The first kappa shape index (κ1) is 15.9. The Kier molecular flexibility index (Phi) is 3.69. The van der Waals surface area contributed by atoms with Gasteiger partial charge in [0.15, 0.2) is 0 Å².